The first-order chi connectivity index (χ1) is 9.16. The van der Waals surface area contributed by atoms with Crippen LogP contribution in [0.2, 0.25) is 0 Å². The van der Waals surface area contributed by atoms with Crippen molar-refractivity contribution in [2.45, 2.75) is 0 Å². The molecular formula is C15H9FO2S. The second-order valence-electron chi connectivity index (χ2n) is 4.14. The molecule has 0 unspecified atom stereocenters. The van der Waals surface area contributed by atoms with Crippen molar-refractivity contribution >= 4 is 27.4 Å². The second-order valence-corrected chi connectivity index (χ2v) is 5.06. The lowest BCUT2D eigenvalue weighted by Crippen LogP contribution is -1.97. The topological polar surface area (TPSA) is 37.3 Å². The zero-order valence-electron chi connectivity index (χ0n) is 9.76. The van der Waals surface area contributed by atoms with Crippen LogP contribution in [0.4, 0.5) is 4.39 Å². The first-order valence-corrected chi connectivity index (χ1v) is 6.54. The molecule has 0 aliphatic rings. The number of carbonyl (C=O) groups is 1. The molecule has 1 heterocycles. The van der Waals surface area contributed by atoms with Gasteiger partial charge in [0.05, 0.1) is 5.56 Å². The van der Waals surface area contributed by atoms with E-state index in [0.717, 1.165) is 15.6 Å². The van der Waals surface area contributed by atoms with Gasteiger partial charge in [0.25, 0.3) is 0 Å². The molecule has 0 aliphatic carbocycles. The van der Waals surface area contributed by atoms with Gasteiger partial charge in [-0.15, -0.1) is 11.3 Å². The first kappa shape index (κ1) is 11.9. The van der Waals surface area contributed by atoms with E-state index in [0.29, 0.717) is 5.56 Å². The predicted molar refractivity (Wildman–Crippen MR) is 74.2 cm³/mol. The normalized spacial score (nSPS) is 10.8. The van der Waals surface area contributed by atoms with Crippen LogP contribution in [0.25, 0.3) is 21.2 Å². The molecular weight excluding hydrogens is 263 g/mol. The highest BCUT2D eigenvalue weighted by molar-refractivity contribution is 7.17. The van der Waals surface area contributed by atoms with E-state index in [1.165, 1.54) is 29.5 Å². The number of hydrogen-bond donors (Lipinski definition) is 1. The lowest BCUT2D eigenvalue weighted by Gasteiger charge is -2.06. The van der Waals surface area contributed by atoms with E-state index in [2.05, 4.69) is 0 Å². The highest BCUT2D eigenvalue weighted by atomic mass is 32.1. The van der Waals surface area contributed by atoms with Crippen molar-refractivity contribution in [2.75, 3.05) is 0 Å². The summed E-state index contributed by atoms with van der Waals surface area (Å²) in [7, 11) is 0. The Hall–Kier alpha value is -2.20. The van der Waals surface area contributed by atoms with Crippen molar-refractivity contribution in [3.63, 3.8) is 0 Å². The molecule has 0 radical (unpaired) electrons. The number of benzene rings is 2. The lowest BCUT2D eigenvalue weighted by atomic mass is 10.0. The Morgan fingerprint density at radius 1 is 1.11 bits per heavy atom. The van der Waals surface area contributed by atoms with Crippen LogP contribution in [-0.4, -0.2) is 11.1 Å². The minimum Gasteiger partial charge on any atom is -0.478 e. The number of carboxylic acids is 1. The molecule has 2 aromatic carbocycles. The number of rotatable bonds is 2. The maximum atomic E-state index is 14.0. The quantitative estimate of drug-likeness (QED) is 0.750. The number of thiophene rings is 1. The molecule has 0 spiro atoms. The van der Waals surface area contributed by atoms with Gasteiger partial charge < -0.3 is 5.11 Å². The molecule has 4 heteroatoms. The Bertz CT molecular complexity index is 777. The van der Waals surface area contributed by atoms with Gasteiger partial charge in [-0.05, 0) is 35.0 Å². The predicted octanol–water partition coefficient (Wildman–Crippen LogP) is 4.41. The van der Waals surface area contributed by atoms with Gasteiger partial charge in [-0.25, -0.2) is 9.18 Å². The van der Waals surface area contributed by atoms with Gasteiger partial charge >= 0.3 is 5.97 Å². The lowest BCUT2D eigenvalue weighted by molar-refractivity contribution is 0.0697. The minimum atomic E-state index is -1.06. The van der Waals surface area contributed by atoms with Crippen molar-refractivity contribution in [2.24, 2.45) is 0 Å². The maximum Gasteiger partial charge on any atom is 0.335 e. The SMILES string of the molecule is O=C(O)c1ccc(F)c(-c2cccc3ccsc23)c1. The molecule has 3 rings (SSSR count). The van der Waals surface area contributed by atoms with Crippen LogP contribution in [0.1, 0.15) is 10.4 Å². The van der Waals surface area contributed by atoms with Crippen LogP contribution in [0.5, 0.6) is 0 Å². The Morgan fingerprint density at radius 2 is 1.95 bits per heavy atom. The minimum absolute atomic E-state index is 0.0879. The fourth-order valence-corrected chi connectivity index (χ4v) is 3.00. The van der Waals surface area contributed by atoms with Crippen LogP contribution in [-0.2, 0) is 0 Å². The van der Waals surface area contributed by atoms with Crippen LogP contribution in [0.3, 0.4) is 0 Å². The van der Waals surface area contributed by atoms with Gasteiger partial charge in [-0.3, -0.25) is 0 Å². The summed E-state index contributed by atoms with van der Waals surface area (Å²) in [6.45, 7) is 0. The van der Waals surface area contributed by atoms with Gasteiger partial charge in [-0.1, -0.05) is 18.2 Å². The molecule has 0 saturated heterocycles. The molecule has 94 valence electrons. The Morgan fingerprint density at radius 3 is 2.74 bits per heavy atom. The van der Waals surface area contributed by atoms with Crippen LogP contribution in [0.15, 0.2) is 47.8 Å². The zero-order chi connectivity index (χ0) is 13.4. The Balaban J connectivity index is 2.29. The van der Waals surface area contributed by atoms with Gasteiger partial charge in [0.2, 0.25) is 0 Å². The fourth-order valence-electron chi connectivity index (χ4n) is 2.07. The molecule has 0 bridgehead atoms. The van der Waals surface area contributed by atoms with E-state index in [-0.39, 0.29) is 5.56 Å². The Kier molecular flexibility index (Phi) is 2.80. The van der Waals surface area contributed by atoms with Crippen LogP contribution >= 0.6 is 11.3 Å². The summed E-state index contributed by atoms with van der Waals surface area (Å²) >= 11 is 1.52. The summed E-state index contributed by atoms with van der Waals surface area (Å²) in [5.41, 5.74) is 1.14. The third-order valence-corrected chi connectivity index (χ3v) is 3.95. The maximum absolute atomic E-state index is 14.0. The van der Waals surface area contributed by atoms with E-state index in [4.69, 9.17) is 5.11 Å². The summed E-state index contributed by atoms with van der Waals surface area (Å²) in [5, 5.41) is 12.0. The highest BCUT2D eigenvalue weighted by Crippen LogP contribution is 2.34. The molecule has 0 atom stereocenters. The first-order valence-electron chi connectivity index (χ1n) is 5.66. The van der Waals surface area contributed by atoms with E-state index >= 15 is 0 Å². The second kappa shape index (κ2) is 4.48. The van der Waals surface area contributed by atoms with Crippen molar-refractivity contribution in [3.05, 3.63) is 59.2 Å². The van der Waals surface area contributed by atoms with Crippen molar-refractivity contribution in [1.82, 2.24) is 0 Å². The summed E-state index contributed by atoms with van der Waals surface area (Å²) in [6.07, 6.45) is 0. The van der Waals surface area contributed by atoms with Crippen molar-refractivity contribution < 1.29 is 14.3 Å². The average molecular weight is 272 g/mol. The third-order valence-electron chi connectivity index (χ3n) is 2.98. The van der Waals surface area contributed by atoms with Gasteiger partial charge in [-0.2, -0.15) is 0 Å². The number of fused-ring (bicyclic) bond motifs is 1. The van der Waals surface area contributed by atoms with Crippen molar-refractivity contribution in [1.29, 1.82) is 0 Å². The van der Waals surface area contributed by atoms with E-state index in [9.17, 15) is 9.18 Å². The average Bonchev–Trinajstić information content (AvgIpc) is 2.87. The molecule has 0 saturated carbocycles. The molecule has 3 aromatic rings. The molecule has 0 fully saturated rings. The molecule has 0 amide bonds. The van der Waals surface area contributed by atoms with Crippen molar-refractivity contribution in [3.8, 4) is 11.1 Å². The van der Waals surface area contributed by atoms with Gasteiger partial charge in [0.15, 0.2) is 0 Å². The molecule has 1 N–H and O–H groups in total. The van der Waals surface area contributed by atoms with Crippen LogP contribution < -0.4 is 0 Å². The summed E-state index contributed by atoms with van der Waals surface area (Å²) < 4.78 is 14.9. The smallest absolute Gasteiger partial charge is 0.335 e. The van der Waals surface area contributed by atoms with E-state index in [1.54, 1.807) is 0 Å². The van der Waals surface area contributed by atoms with E-state index < -0.39 is 11.8 Å². The molecule has 19 heavy (non-hydrogen) atoms. The van der Waals surface area contributed by atoms with Crippen LogP contribution in [0, 0.1) is 5.82 Å². The number of carboxylic acid groups (broad SMARTS) is 1. The highest BCUT2D eigenvalue weighted by Gasteiger charge is 2.12. The molecule has 0 aliphatic heterocycles. The summed E-state index contributed by atoms with van der Waals surface area (Å²) in [4.78, 5) is 11.0. The van der Waals surface area contributed by atoms with Gasteiger partial charge in [0.1, 0.15) is 5.82 Å². The fraction of sp³-hybridized carbons (Fsp3) is 0. The summed E-state index contributed by atoms with van der Waals surface area (Å²) in [5.74, 6) is -1.47. The van der Waals surface area contributed by atoms with Gasteiger partial charge in [0, 0.05) is 15.8 Å². The standard InChI is InChI=1S/C15H9FO2S/c16-13-5-4-10(15(17)18)8-12(13)11-3-1-2-9-6-7-19-14(9)11/h1-8H,(H,17,18). The molecule has 2 nitrogen and oxygen atoms in total. The number of aromatic carboxylic acids is 1. The largest absolute Gasteiger partial charge is 0.478 e. The third kappa shape index (κ3) is 2.00. The monoisotopic (exact) mass is 272 g/mol. The number of halogens is 1. The summed E-state index contributed by atoms with van der Waals surface area (Å²) in [6, 6.07) is 11.4. The zero-order valence-corrected chi connectivity index (χ0v) is 10.6. The number of hydrogen-bond acceptors (Lipinski definition) is 2. The Labute approximate surface area is 112 Å². The molecule has 1 aromatic heterocycles. The van der Waals surface area contributed by atoms with E-state index in [1.807, 2.05) is 29.6 Å².